The number of aromatic nitrogens is 2. The van der Waals surface area contributed by atoms with E-state index in [-0.39, 0.29) is 5.91 Å². The second-order valence-electron chi connectivity index (χ2n) is 5.76. The number of para-hydroxylation sites is 1. The number of fused-ring (bicyclic) bond motifs is 1. The average Bonchev–Trinajstić information content (AvgIpc) is 3.02. The molecular weight excluding hydrogens is 334 g/mol. The number of aromatic amines is 1. The van der Waals surface area contributed by atoms with E-state index in [0.29, 0.717) is 12.3 Å². The van der Waals surface area contributed by atoms with Crippen molar-refractivity contribution >= 4 is 28.7 Å². The lowest BCUT2D eigenvalue weighted by molar-refractivity contribution is -0.118. The molecule has 0 bridgehead atoms. The smallest absolute Gasteiger partial charge is 0.230 e. The Kier molecular flexibility index (Phi) is 5.60. The molecule has 0 fully saturated rings. The number of rotatable bonds is 7. The van der Waals surface area contributed by atoms with E-state index in [0.717, 1.165) is 33.9 Å². The summed E-state index contributed by atoms with van der Waals surface area (Å²) in [6.45, 7) is 2.63. The van der Waals surface area contributed by atoms with E-state index in [1.807, 2.05) is 43.3 Å². The molecule has 2 N–H and O–H groups in total. The van der Waals surface area contributed by atoms with Gasteiger partial charge in [0.15, 0.2) is 5.16 Å². The number of carbonyl (C=O) groups excluding carboxylic acids is 1. The number of H-pyrrole nitrogens is 1. The van der Waals surface area contributed by atoms with Gasteiger partial charge in [-0.2, -0.15) is 0 Å². The van der Waals surface area contributed by atoms with Gasteiger partial charge in [-0.15, -0.1) is 0 Å². The number of aryl methyl sites for hydroxylation is 1. The number of thioether (sulfide) groups is 1. The van der Waals surface area contributed by atoms with Gasteiger partial charge in [-0.05, 0) is 42.7 Å². The molecule has 3 rings (SSSR count). The van der Waals surface area contributed by atoms with Gasteiger partial charge in [0.05, 0.1) is 23.9 Å². The van der Waals surface area contributed by atoms with Crippen LogP contribution in [0.1, 0.15) is 11.1 Å². The Labute approximate surface area is 151 Å². The van der Waals surface area contributed by atoms with Gasteiger partial charge in [-0.1, -0.05) is 36.0 Å². The molecule has 3 aromatic rings. The Morgan fingerprint density at radius 1 is 1.28 bits per heavy atom. The predicted molar refractivity (Wildman–Crippen MR) is 101 cm³/mol. The van der Waals surface area contributed by atoms with Crippen LogP contribution in [0.3, 0.4) is 0 Å². The quantitative estimate of drug-likeness (QED) is 0.638. The van der Waals surface area contributed by atoms with Crippen LogP contribution in [0.2, 0.25) is 0 Å². The lowest BCUT2D eigenvalue weighted by atomic mass is 10.1. The minimum absolute atomic E-state index is 0.00321. The van der Waals surface area contributed by atoms with Crippen LogP contribution in [0, 0.1) is 6.92 Å². The number of imidazole rings is 1. The lowest BCUT2D eigenvalue weighted by Crippen LogP contribution is -2.27. The van der Waals surface area contributed by atoms with Crippen molar-refractivity contribution in [3.63, 3.8) is 0 Å². The lowest BCUT2D eigenvalue weighted by Gasteiger charge is -2.08. The molecule has 1 heterocycles. The van der Waals surface area contributed by atoms with Crippen molar-refractivity contribution in [2.75, 3.05) is 19.4 Å². The van der Waals surface area contributed by atoms with Gasteiger partial charge in [0.1, 0.15) is 5.75 Å². The zero-order chi connectivity index (χ0) is 17.6. The highest BCUT2D eigenvalue weighted by Gasteiger charge is 2.08. The number of hydrogen-bond acceptors (Lipinski definition) is 4. The maximum Gasteiger partial charge on any atom is 0.230 e. The van der Waals surface area contributed by atoms with Gasteiger partial charge in [0.25, 0.3) is 0 Å². The van der Waals surface area contributed by atoms with Crippen molar-refractivity contribution in [2.24, 2.45) is 0 Å². The number of benzene rings is 2. The summed E-state index contributed by atoms with van der Waals surface area (Å²) in [6.07, 6.45) is 0.740. The third-order valence-electron chi connectivity index (χ3n) is 3.86. The van der Waals surface area contributed by atoms with Crippen molar-refractivity contribution < 1.29 is 9.53 Å². The second-order valence-corrected chi connectivity index (χ2v) is 6.73. The molecule has 0 aliphatic carbocycles. The number of ether oxygens (including phenoxy) is 1. The van der Waals surface area contributed by atoms with Crippen molar-refractivity contribution in [1.29, 1.82) is 0 Å². The van der Waals surface area contributed by atoms with Crippen molar-refractivity contribution in [2.45, 2.75) is 18.5 Å². The van der Waals surface area contributed by atoms with Crippen LogP contribution in [-0.2, 0) is 11.2 Å². The summed E-state index contributed by atoms with van der Waals surface area (Å²) in [5.74, 6) is 1.19. The minimum atomic E-state index is -0.00321. The Balaban J connectivity index is 1.47. The monoisotopic (exact) mass is 355 g/mol. The Morgan fingerprint density at radius 3 is 2.96 bits per heavy atom. The van der Waals surface area contributed by atoms with E-state index < -0.39 is 0 Å². The predicted octanol–water partition coefficient (Wildman–Crippen LogP) is 3.33. The number of nitrogens with zero attached hydrogens (tertiary/aromatic N) is 1. The first-order valence-electron chi connectivity index (χ1n) is 8.13. The van der Waals surface area contributed by atoms with Gasteiger partial charge in [-0.25, -0.2) is 4.98 Å². The third-order valence-corrected chi connectivity index (χ3v) is 4.74. The fourth-order valence-electron chi connectivity index (χ4n) is 2.60. The Morgan fingerprint density at radius 2 is 2.12 bits per heavy atom. The van der Waals surface area contributed by atoms with E-state index in [9.17, 15) is 4.79 Å². The van der Waals surface area contributed by atoms with Crippen LogP contribution >= 0.6 is 11.8 Å². The Hall–Kier alpha value is -2.47. The molecule has 6 heteroatoms. The summed E-state index contributed by atoms with van der Waals surface area (Å²) < 4.78 is 5.32. The summed E-state index contributed by atoms with van der Waals surface area (Å²) in [7, 11) is 1.66. The van der Waals surface area contributed by atoms with E-state index in [4.69, 9.17) is 4.74 Å². The number of hydrogen-bond donors (Lipinski definition) is 2. The summed E-state index contributed by atoms with van der Waals surface area (Å²) >= 11 is 1.41. The number of amides is 1. The molecule has 0 saturated heterocycles. The molecule has 5 nitrogen and oxygen atoms in total. The summed E-state index contributed by atoms with van der Waals surface area (Å²) in [5, 5.41) is 3.70. The first-order chi connectivity index (χ1) is 12.2. The second kappa shape index (κ2) is 8.07. The molecule has 0 unspecified atom stereocenters. The molecular formula is C19H21N3O2S. The molecule has 1 amide bonds. The van der Waals surface area contributed by atoms with Crippen molar-refractivity contribution in [3.05, 3.63) is 53.6 Å². The molecule has 0 aliphatic rings. The van der Waals surface area contributed by atoms with Crippen LogP contribution in [0.25, 0.3) is 11.0 Å². The van der Waals surface area contributed by atoms with Gasteiger partial charge < -0.3 is 15.0 Å². The molecule has 0 atom stereocenters. The van der Waals surface area contributed by atoms with E-state index >= 15 is 0 Å². The fraction of sp³-hybridized carbons (Fsp3) is 0.263. The molecule has 0 aliphatic heterocycles. The SMILES string of the molecule is COc1ccccc1CCNC(=O)CSc1nc2ccc(C)cc2[nH]1. The molecule has 130 valence electrons. The van der Waals surface area contributed by atoms with Crippen LogP contribution in [0.4, 0.5) is 0 Å². The van der Waals surface area contributed by atoms with Crippen LogP contribution in [0.5, 0.6) is 5.75 Å². The maximum absolute atomic E-state index is 12.0. The number of methoxy groups -OCH3 is 1. The van der Waals surface area contributed by atoms with E-state index in [2.05, 4.69) is 21.4 Å². The molecule has 25 heavy (non-hydrogen) atoms. The van der Waals surface area contributed by atoms with Crippen LogP contribution < -0.4 is 10.1 Å². The third kappa shape index (κ3) is 4.54. The number of carbonyl (C=O) groups is 1. The fourth-order valence-corrected chi connectivity index (χ4v) is 3.31. The normalized spacial score (nSPS) is 10.8. The average molecular weight is 355 g/mol. The largest absolute Gasteiger partial charge is 0.496 e. The summed E-state index contributed by atoms with van der Waals surface area (Å²) in [5.41, 5.74) is 4.19. The first kappa shape index (κ1) is 17.4. The van der Waals surface area contributed by atoms with Crippen molar-refractivity contribution in [1.82, 2.24) is 15.3 Å². The molecule has 0 spiro atoms. The maximum atomic E-state index is 12.0. The van der Waals surface area contributed by atoms with Gasteiger partial charge in [0.2, 0.25) is 5.91 Å². The van der Waals surface area contributed by atoms with E-state index in [1.165, 1.54) is 17.3 Å². The van der Waals surface area contributed by atoms with Crippen LogP contribution in [0.15, 0.2) is 47.6 Å². The summed E-state index contributed by atoms with van der Waals surface area (Å²) in [6, 6.07) is 13.9. The minimum Gasteiger partial charge on any atom is -0.496 e. The first-order valence-corrected chi connectivity index (χ1v) is 9.12. The van der Waals surface area contributed by atoms with Crippen molar-refractivity contribution in [3.8, 4) is 5.75 Å². The van der Waals surface area contributed by atoms with Crippen LogP contribution in [-0.4, -0.2) is 35.3 Å². The molecule has 0 saturated carbocycles. The number of nitrogens with one attached hydrogen (secondary N) is 2. The Bertz CT molecular complexity index is 876. The zero-order valence-corrected chi connectivity index (χ0v) is 15.2. The zero-order valence-electron chi connectivity index (χ0n) is 14.3. The van der Waals surface area contributed by atoms with E-state index in [1.54, 1.807) is 7.11 Å². The molecule has 0 radical (unpaired) electrons. The highest BCUT2D eigenvalue weighted by Crippen LogP contribution is 2.20. The highest BCUT2D eigenvalue weighted by molar-refractivity contribution is 7.99. The van der Waals surface area contributed by atoms with Gasteiger partial charge in [-0.3, -0.25) is 4.79 Å². The van der Waals surface area contributed by atoms with Gasteiger partial charge >= 0.3 is 0 Å². The van der Waals surface area contributed by atoms with Gasteiger partial charge in [0, 0.05) is 6.54 Å². The molecule has 1 aromatic heterocycles. The summed E-state index contributed by atoms with van der Waals surface area (Å²) in [4.78, 5) is 19.8. The topological polar surface area (TPSA) is 67.0 Å². The molecule has 2 aromatic carbocycles. The highest BCUT2D eigenvalue weighted by atomic mass is 32.2. The standard InChI is InChI=1S/C19H21N3O2S/c1-13-7-8-15-16(11-13)22-19(21-15)25-12-18(23)20-10-9-14-5-3-4-6-17(14)24-2/h3-8,11H,9-10,12H2,1-2H3,(H,20,23)(H,21,22).